The van der Waals surface area contributed by atoms with Gasteiger partial charge in [-0.1, -0.05) is 18.2 Å². The minimum atomic E-state index is -0.814. The molecule has 0 spiro atoms. The van der Waals surface area contributed by atoms with Crippen LogP contribution in [0.5, 0.6) is 0 Å². The van der Waals surface area contributed by atoms with Crippen molar-refractivity contribution < 1.29 is 14.3 Å². The van der Waals surface area contributed by atoms with Crippen molar-refractivity contribution in [2.45, 2.75) is 12.8 Å². The van der Waals surface area contributed by atoms with Crippen LogP contribution in [-0.2, 0) is 4.79 Å². The molecule has 1 aromatic heterocycles. The Bertz CT molecular complexity index is 1120. The van der Waals surface area contributed by atoms with E-state index >= 15 is 0 Å². The molecular weight excluding hydrogens is 382 g/mol. The van der Waals surface area contributed by atoms with Gasteiger partial charge in [-0.3, -0.25) is 4.79 Å². The van der Waals surface area contributed by atoms with Crippen LogP contribution in [0.15, 0.2) is 51.7 Å². The molecule has 2 aromatic carbocycles. The fourth-order valence-corrected chi connectivity index (χ4v) is 3.00. The first kappa shape index (κ1) is 21.1. The molecule has 0 atom stereocenters. The maximum atomic E-state index is 12.4. The molecule has 7 nitrogen and oxygen atoms in total. The monoisotopic (exact) mass is 407 g/mol. The number of anilines is 2. The largest absolute Gasteiger partial charge is 0.481 e. The summed E-state index contributed by atoms with van der Waals surface area (Å²) >= 11 is 0. The minimum Gasteiger partial charge on any atom is -0.481 e. The van der Waals surface area contributed by atoms with Gasteiger partial charge in [0, 0.05) is 51.5 Å². The summed E-state index contributed by atoms with van der Waals surface area (Å²) in [5.41, 5.74) is 3.60. The lowest BCUT2D eigenvalue weighted by molar-refractivity contribution is -0.137. The van der Waals surface area contributed by atoms with Crippen molar-refractivity contribution in [2.75, 3.05) is 37.5 Å². The first-order valence-corrected chi connectivity index (χ1v) is 9.67. The highest BCUT2D eigenvalue weighted by Crippen LogP contribution is 2.20. The SMILES string of the molecule is CN(C)c1ccc(/C=C/c2nc3ccc(N(C)CCCC(=O)O)cc3oc2=O)cc1. The lowest BCUT2D eigenvalue weighted by Gasteiger charge is -2.18. The van der Waals surface area contributed by atoms with E-state index in [1.807, 2.05) is 67.4 Å². The van der Waals surface area contributed by atoms with Crippen molar-refractivity contribution in [3.05, 3.63) is 64.1 Å². The Labute approximate surface area is 174 Å². The second-order valence-corrected chi connectivity index (χ2v) is 7.28. The summed E-state index contributed by atoms with van der Waals surface area (Å²) < 4.78 is 5.47. The molecule has 7 heteroatoms. The Morgan fingerprint density at radius 1 is 1.07 bits per heavy atom. The van der Waals surface area contributed by atoms with Gasteiger partial charge in [0.25, 0.3) is 0 Å². The summed E-state index contributed by atoms with van der Waals surface area (Å²) in [4.78, 5) is 31.4. The predicted molar refractivity (Wildman–Crippen MR) is 120 cm³/mol. The number of aliphatic carboxylic acids is 1. The highest BCUT2D eigenvalue weighted by molar-refractivity contribution is 5.79. The molecule has 0 aliphatic rings. The quantitative estimate of drug-likeness (QED) is 0.609. The van der Waals surface area contributed by atoms with Crippen LogP contribution >= 0.6 is 0 Å². The number of carboxylic acids is 1. The third-order valence-corrected chi connectivity index (χ3v) is 4.76. The molecule has 30 heavy (non-hydrogen) atoms. The van der Waals surface area contributed by atoms with Crippen LogP contribution in [-0.4, -0.2) is 43.7 Å². The zero-order valence-electron chi connectivity index (χ0n) is 17.3. The molecule has 0 bridgehead atoms. The maximum Gasteiger partial charge on any atom is 0.362 e. The Hall–Kier alpha value is -3.61. The van der Waals surface area contributed by atoms with Gasteiger partial charge in [-0.15, -0.1) is 0 Å². The summed E-state index contributed by atoms with van der Waals surface area (Å²) in [6.07, 6.45) is 4.13. The van der Waals surface area contributed by atoms with Gasteiger partial charge < -0.3 is 19.3 Å². The van der Waals surface area contributed by atoms with E-state index in [-0.39, 0.29) is 12.1 Å². The number of hydrogen-bond donors (Lipinski definition) is 1. The number of rotatable bonds is 8. The molecule has 0 radical (unpaired) electrons. The minimum absolute atomic E-state index is 0.113. The molecule has 0 saturated heterocycles. The Kier molecular flexibility index (Phi) is 6.51. The number of benzene rings is 2. The van der Waals surface area contributed by atoms with E-state index in [2.05, 4.69) is 4.98 Å². The first-order chi connectivity index (χ1) is 14.3. The average Bonchev–Trinajstić information content (AvgIpc) is 2.71. The molecule has 3 aromatic rings. The highest BCUT2D eigenvalue weighted by atomic mass is 16.4. The molecule has 0 aliphatic carbocycles. The van der Waals surface area contributed by atoms with Gasteiger partial charge in [0.05, 0.1) is 0 Å². The van der Waals surface area contributed by atoms with Crippen molar-refractivity contribution in [3.8, 4) is 0 Å². The van der Waals surface area contributed by atoms with Gasteiger partial charge in [0.2, 0.25) is 0 Å². The molecule has 0 unspecified atom stereocenters. The molecule has 0 aliphatic heterocycles. The van der Waals surface area contributed by atoms with Crippen LogP contribution in [0.4, 0.5) is 11.4 Å². The second kappa shape index (κ2) is 9.26. The average molecular weight is 407 g/mol. The van der Waals surface area contributed by atoms with Crippen molar-refractivity contribution >= 4 is 40.6 Å². The highest BCUT2D eigenvalue weighted by Gasteiger charge is 2.09. The van der Waals surface area contributed by atoms with Crippen LogP contribution < -0.4 is 15.4 Å². The zero-order valence-corrected chi connectivity index (χ0v) is 17.3. The molecule has 3 rings (SSSR count). The number of carboxylic acid groups (broad SMARTS) is 1. The maximum absolute atomic E-state index is 12.4. The van der Waals surface area contributed by atoms with E-state index < -0.39 is 11.6 Å². The summed E-state index contributed by atoms with van der Waals surface area (Å²) in [5.74, 6) is -0.814. The van der Waals surface area contributed by atoms with E-state index in [0.29, 0.717) is 24.1 Å². The van der Waals surface area contributed by atoms with E-state index in [4.69, 9.17) is 9.52 Å². The van der Waals surface area contributed by atoms with Gasteiger partial charge in [-0.2, -0.15) is 0 Å². The summed E-state index contributed by atoms with van der Waals surface area (Å²) in [6.45, 7) is 0.586. The molecule has 0 saturated carbocycles. The van der Waals surface area contributed by atoms with Crippen LogP contribution in [0.25, 0.3) is 23.3 Å². The summed E-state index contributed by atoms with van der Waals surface area (Å²) in [5, 5.41) is 8.76. The van der Waals surface area contributed by atoms with Gasteiger partial charge in [0.1, 0.15) is 11.2 Å². The van der Waals surface area contributed by atoms with E-state index in [9.17, 15) is 9.59 Å². The molecular formula is C23H25N3O4. The summed E-state index contributed by atoms with van der Waals surface area (Å²) in [7, 11) is 5.83. The summed E-state index contributed by atoms with van der Waals surface area (Å²) in [6, 6.07) is 13.4. The number of aromatic nitrogens is 1. The van der Waals surface area contributed by atoms with Crippen LogP contribution in [0.2, 0.25) is 0 Å². The predicted octanol–water partition coefficient (Wildman–Crippen LogP) is 3.73. The Morgan fingerprint density at radius 2 is 1.77 bits per heavy atom. The Morgan fingerprint density at radius 3 is 2.43 bits per heavy atom. The van der Waals surface area contributed by atoms with Crippen molar-refractivity contribution in [1.82, 2.24) is 4.98 Å². The number of nitrogens with zero attached hydrogens (tertiary/aromatic N) is 3. The molecule has 0 amide bonds. The second-order valence-electron chi connectivity index (χ2n) is 7.28. The normalized spacial score (nSPS) is 11.2. The zero-order chi connectivity index (χ0) is 21.7. The molecule has 156 valence electrons. The Balaban J connectivity index is 1.78. The van der Waals surface area contributed by atoms with Crippen LogP contribution in [0, 0.1) is 0 Å². The lowest BCUT2D eigenvalue weighted by Crippen LogP contribution is -2.19. The number of carbonyl (C=O) groups is 1. The fraction of sp³-hybridized carbons (Fsp3) is 0.261. The smallest absolute Gasteiger partial charge is 0.362 e. The third kappa shape index (κ3) is 5.26. The van der Waals surface area contributed by atoms with Crippen molar-refractivity contribution in [3.63, 3.8) is 0 Å². The molecule has 1 N–H and O–H groups in total. The molecule has 0 fully saturated rings. The fourth-order valence-electron chi connectivity index (χ4n) is 3.00. The number of fused-ring (bicyclic) bond motifs is 1. The van der Waals surface area contributed by atoms with E-state index in [1.165, 1.54) is 0 Å². The van der Waals surface area contributed by atoms with E-state index in [1.54, 1.807) is 18.2 Å². The molecule has 1 heterocycles. The van der Waals surface area contributed by atoms with Crippen LogP contribution in [0.3, 0.4) is 0 Å². The van der Waals surface area contributed by atoms with Crippen molar-refractivity contribution in [2.24, 2.45) is 0 Å². The number of hydrogen-bond acceptors (Lipinski definition) is 6. The standard InChI is InChI=1S/C23H25N3O4/c1-25(2)17-9-6-16(7-10-17)8-12-20-23(29)30-21-15-18(11-13-19(21)24-20)26(3)14-4-5-22(27)28/h6-13,15H,4-5,14H2,1-3H3,(H,27,28)/b12-8+. The topological polar surface area (TPSA) is 86.9 Å². The lowest BCUT2D eigenvalue weighted by atomic mass is 10.2. The van der Waals surface area contributed by atoms with Gasteiger partial charge >= 0.3 is 11.6 Å². The third-order valence-electron chi connectivity index (χ3n) is 4.76. The van der Waals surface area contributed by atoms with E-state index in [0.717, 1.165) is 16.9 Å². The van der Waals surface area contributed by atoms with Gasteiger partial charge in [-0.25, -0.2) is 9.78 Å². The van der Waals surface area contributed by atoms with Gasteiger partial charge in [-0.05, 0) is 42.3 Å². The van der Waals surface area contributed by atoms with Crippen molar-refractivity contribution in [1.29, 1.82) is 0 Å². The van der Waals surface area contributed by atoms with Gasteiger partial charge in [0.15, 0.2) is 5.58 Å². The van der Waals surface area contributed by atoms with Crippen LogP contribution in [0.1, 0.15) is 24.1 Å². The first-order valence-electron chi connectivity index (χ1n) is 9.67.